The van der Waals surface area contributed by atoms with E-state index in [-0.39, 0.29) is 5.78 Å². The van der Waals surface area contributed by atoms with Gasteiger partial charge in [0.05, 0.1) is 0 Å². The Kier molecular flexibility index (Phi) is 2.65. The van der Waals surface area contributed by atoms with Crippen LogP contribution in [0.25, 0.3) is 0 Å². The Morgan fingerprint density at radius 3 is 2.94 bits per heavy atom. The van der Waals surface area contributed by atoms with E-state index in [0.29, 0.717) is 6.42 Å². The average molecular weight is 229 g/mol. The monoisotopic (exact) mass is 229 g/mol. The molecule has 2 aliphatic rings. The van der Waals surface area contributed by atoms with Gasteiger partial charge in [-0.3, -0.25) is 4.79 Å². The van der Waals surface area contributed by atoms with E-state index in [4.69, 9.17) is 0 Å². The van der Waals surface area contributed by atoms with Crippen LogP contribution < -0.4 is 4.90 Å². The zero-order chi connectivity index (χ0) is 11.8. The minimum atomic E-state index is 0.263. The summed E-state index contributed by atoms with van der Waals surface area (Å²) in [5.74, 6) is 1.19. The first kappa shape index (κ1) is 10.8. The van der Waals surface area contributed by atoms with Crippen molar-refractivity contribution in [1.82, 2.24) is 0 Å². The lowest BCUT2D eigenvalue weighted by Gasteiger charge is -2.19. The van der Waals surface area contributed by atoms with Crippen LogP contribution in [0.3, 0.4) is 0 Å². The molecule has 0 spiro atoms. The van der Waals surface area contributed by atoms with Gasteiger partial charge in [-0.15, -0.1) is 0 Å². The number of carbonyl (C=O) groups excluding carboxylic acids is 1. The van der Waals surface area contributed by atoms with E-state index in [1.54, 1.807) is 6.92 Å². The van der Waals surface area contributed by atoms with Crippen molar-refractivity contribution in [3.05, 3.63) is 29.3 Å². The third-order valence-corrected chi connectivity index (χ3v) is 3.84. The molecule has 0 bridgehead atoms. The molecule has 2 nitrogen and oxygen atoms in total. The molecule has 1 heterocycles. The normalized spacial score (nSPS) is 18.3. The predicted molar refractivity (Wildman–Crippen MR) is 69.5 cm³/mol. The van der Waals surface area contributed by atoms with Gasteiger partial charge in [0, 0.05) is 25.2 Å². The third kappa shape index (κ3) is 2.21. The van der Waals surface area contributed by atoms with E-state index < -0.39 is 0 Å². The summed E-state index contributed by atoms with van der Waals surface area (Å²) in [4.78, 5) is 13.8. The fourth-order valence-electron chi connectivity index (χ4n) is 2.81. The molecule has 0 unspecified atom stereocenters. The van der Waals surface area contributed by atoms with Crippen molar-refractivity contribution in [3.8, 4) is 0 Å². The zero-order valence-corrected chi connectivity index (χ0v) is 10.4. The van der Waals surface area contributed by atoms with Crippen LogP contribution in [0, 0.1) is 5.92 Å². The second-order valence-electron chi connectivity index (χ2n) is 5.43. The highest BCUT2D eigenvalue weighted by atomic mass is 16.1. The fraction of sp³-hybridized carbons (Fsp3) is 0.533. The van der Waals surface area contributed by atoms with E-state index in [0.717, 1.165) is 18.9 Å². The van der Waals surface area contributed by atoms with Crippen molar-refractivity contribution in [1.29, 1.82) is 0 Å². The maximum atomic E-state index is 11.3. The van der Waals surface area contributed by atoms with Gasteiger partial charge in [0.15, 0.2) is 0 Å². The number of ketones is 1. The lowest BCUT2D eigenvalue weighted by Crippen LogP contribution is -2.22. The van der Waals surface area contributed by atoms with Gasteiger partial charge in [0.1, 0.15) is 5.78 Å². The van der Waals surface area contributed by atoms with Crippen molar-refractivity contribution >= 4 is 11.5 Å². The summed E-state index contributed by atoms with van der Waals surface area (Å²) in [6.07, 6.45) is 4.52. The molecule has 1 aromatic rings. The van der Waals surface area contributed by atoms with E-state index in [9.17, 15) is 4.79 Å². The first-order valence-electron chi connectivity index (χ1n) is 6.59. The highest BCUT2D eigenvalue weighted by Gasteiger charge is 2.28. The Morgan fingerprint density at radius 1 is 1.41 bits per heavy atom. The highest BCUT2D eigenvalue weighted by molar-refractivity contribution is 5.79. The molecule has 17 heavy (non-hydrogen) atoms. The zero-order valence-electron chi connectivity index (χ0n) is 10.4. The van der Waals surface area contributed by atoms with Crippen LogP contribution in [0.5, 0.6) is 0 Å². The van der Waals surface area contributed by atoms with Gasteiger partial charge in [-0.25, -0.2) is 0 Å². The Balaban J connectivity index is 1.85. The maximum absolute atomic E-state index is 11.3. The largest absolute Gasteiger partial charge is 0.371 e. The molecule has 0 N–H and O–H groups in total. The van der Waals surface area contributed by atoms with Crippen molar-refractivity contribution < 1.29 is 4.79 Å². The number of rotatable bonds is 4. The van der Waals surface area contributed by atoms with Crippen LogP contribution in [0.1, 0.15) is 30.9 Å². The summed E-state index contributed by atoms with van der Waals surface area (Å²) in [7, 11) is 0. The molecule has 90 valence electrons. The first-order chi connectivity index (χ1) is 8.24. The predicted octanol–water partition coefficient (Wildman–Crippen LogP) is 2.59. The third-order valence-electron chi connectivity index (χ3n) is 3.84. The van der Waals surface area contributed by atoms with Crippen LogP contribution in [-0.4, -0.2) is 18.9 Å². The molecule has 1 aromatic carbocycles. The molecule has 0 aromatic heterocycles. The number of Topliss-reactive ketones (excluding diaryl/α,β-unsaturated/α-hetero) is 1. The van der Waals surface area contributed by atoms with Gasteiger partial charge in [0.25, 0.3) is 0 Å². The van der Waals surface area contributed by atoms with Crippen molar-refractivity contribution in [2.24, 2.45) is 5.92 Å². The van der Waals surface area contributed by atoms with Crippen LogP contribution in [-0.2, 0) is 17.6 Å². The summed E-state index contributed by atoms with van der Waals surface area (Å²) in [5.41, 5.74) is 4.05. The summed E-state index contributed by atoms with van der Waals surface area (Å²) in [5, 5.41) is 0. The quantitative estimate of drug-likeness (QED) is 0.791. The van der Waals surface area contributed by atoms with Crippen molar-refractivity contribution in [2.45, 2.75) is 32.6 Å². The molecular formula is C15H19NO. The molecule has 1 saturated carbocycles. The molecule has 1 fully saturated rings. The number of hydrogen-bond acceptors (Lipinski definition) is 2. The van der Waals surface area contributed by atoms with Crippen LogP contribution in [0.2, 0.25) is 0 Å². The minimum Gasteiger partial charge on any atom is -0.371 e. The van der Waals surface area contributed by atoms with Gasteiger partial charge in [0.2, 0.25) is 0 Å². The topological polar surface area (TPSA) is 20.3 Å². The molecule has 1 aliphatic carbocycles. The van der Waals surface area contributed by atoms with Crippen LogP contribution in [0.4, 0.5) is 5.69 Å². The van der Waals surface area contributed by atoms with E-state index in [1.807, 2.05) is 0 Å². The number of hydrogen-bond donors (Lipinski definition) is 0. The Morgan fingerprint density at radius 2 is 2.24 bits per heavy atom. The Hall–Kier alpha value is -1.31. The van der Waals surface area contributed by atoms with E-state index in [1.165, 1.54) is 36.2 Å². The summed E-state index contributed by atoms with van der Waals surface area (Å²) < 4.78 is 0. The standard InChI is InChI=1S/C15H19NO/c1-11(17)9-13-3-2-4-15-14(13)7-8-16(15)10-12-5-6-12/h2-4,12H,5-10H2,1H3. The number of anilines is 1. The van der Waals surface area contributed by atoms with Gasteiger partial charge < -0.3 is 4.90 Å². The number of nitrogens with zero attached hydrogens (tertiary/aromatic N) is 1. The summed E-state index contributed by atoms with van der Waals surface area (Å²) in [6.45, 7) is 4.04. The first-order valence-corrected chi connectivity index (χ1v) is 6.59. The average Bonchev–Trinajstić information content (AvgIpc) is 2.99. The smallest absolute Gasteiger partial charge is 0.134 e. The number of fused-ring (bicyclic) bond motifs is 1. The number of carbonyl (C=O) groups is 1. The molecule has 1 aliphatic heterocycles. The molecule has 0 amide bonds. The molecule has 3 rings (SSSR count). The van der Waals surface area contributed by atoms with Gasteiger partial charge in [-0.05, 0) is 49.3 Å². The summed E-state index contributed by atoms with van der Waals surface area (Å²) >= 11 is 0. The SMILES string of the molecule is CC(=O)Cc1cccc2c1CCN2CC1CC1. The molecule has 0 radical (unpaired) electrons. The lowest BCUT2D eigenvalue weighted by molar-refractivity contribution is -0.116. The van der Waals surface area contributed by atoms with Gasteiger partial charge in [-0.1, -0.05) is 12.1 Å². The molecule has 0 atom stereocenters. The second-order valence-corrected chi connectivity index (χ2v) is 5.43. The van der Waals surface area contributed by atoms with E-state index in [2.05, 4.69) is 23.1 Å². The van der Waals surface area contributed by atoms with Crippen LogP contribution >= 0.6 is 0 Å². The Bertz CT molecular complexity index is 448. The number of benzene rings is 1. The Labute approximate surface area is 103 Å². The maximum Gasteiger partial charge on any atom is 0.134 e. The second kappa shape index (κ2) is 4.17. The van der Waals surface area contributed by atoms with Gasteiger partial charge >= 0.3 is 0 Å². The molecule has 2 heteroatoms. The van der Waals surface area contributed by atoms with Crippen molar-refractivity contribution in [3.63, 3.8) is 0 Å². The molecular weight excluding hydrogens is 210 g/mol. The lowest BCUT2D eigenvalue weighted by atomic mass is 10.0. The fourth-order valence-corrected chi connectivity index (χ4v) is 2.81. The van der Waals surface area contributed by atoms with E-state index >= 15 is 0 Å². The van der Waals surface area contributed by atoms with Crippen LogP contribution in [0.15, 0.2) is 18.2 Å². The van der Waals surface area contributed by atoms with Gasteiger partial charge in [-0.2, -0.15) is 0 Å². The highest BCUT2D eigenvalue weighted by Crippen LogP contribution is 2.36. The minimum absolute atomic E-state index is 0.263. The summed E-state index contributed by atoms with van der Waals surface area (Å²) in [6, 6.07) is 6.43. The van der Waals surface area contributed by atoms with Crippen molar-refractivity contribution in [2.75, 3.05) is 18.0 Å². The molecule has 0 saturated heterocycles.